The van der Waals surface area contributed by atoms with Crippen molar-refractivity contribution in [3.8, 4) is 17.2 Å². The molecule has 2 aliphatic rings. The van der Waals surface area contributed by atoms with Gasteiger partial charge < -0.3 is 23.8 Å². The summed E-state index contributed by atoms with van der Waals surface area (Å²) >= 11 is 1.23. The Morgan fingerprint density at radius 3 is 2.47 bits per heavy atom. The molecule has 47 heavy (non-hydrogen) atoms. The van der Waals surface area contributed by atoms with Gasteiger partial charge in [-0.1, -0.05) is 59.9 Å². The third-order valence-corrected chi connectivity index (χ3v) is 9.06. The van der Waals surface area contributed by atoms with Crippen LogP contribution in [0.15, 0.2) is 88.2 Å². The van der Waals surface area contributed by atoms with Crippen molar-refractivity contribution >= 4 is 35.0 Å². The smallest absolute Gasteiger partial charge is 0.338 e. The molecule has 0 spiro atoms. The predicted octanol–water partition coefficient (Wildman–Crippen LogP) is 3.95. The summed E-state index contributed by atoms with van der Waals surface area (Å²) in [5.41, 5.74) is 2.48. The number of amides is 1. The van der Waals surface area contributed by atoms with E-state index in [1.54, 1.807) is 47.8 Å². The third-order valence-electron chi connectivity index (χ3n) is 8.08. The Kier molecular flexibility index (Phi) is 9.53. The largest absolute Gasteiger partial charge is 0.497 e. The highest BCUT2D eigenvalue weighted by Gasteiger charge is 2.35. The number of nitrogens with zero attached hydrogens (tertiary/aromatic N) is 3. The van der Waals surface area contributed by atoms with E-state index in [1.807, 2.05) is 54.6 Å². The van der Waals surface area contributed by atoms with Gasteiger partial charge in [-0.05, 0) is 61.2 Å². The Morgan fingerprint density at radius 1 is 0.957 bits per heavy atom. The van der Waals surface area contributed by atoms with Crippen molar-refractivity contribution in [1.29, 1.82) is 0 Å². The van der Waals surface area contributed by atoms with E-state index in [9.17, 15) is 14.4 Å². The van der Waals surface area contributed by atoms with Crippen LogP contribution in [0.5, 0.6) is 17.2 Å². The molecule has 3 heterocycles. The number of thiazole rings is 1. The number of ether oxygens (including phenoxy) is 4. The van der Waals surface area contributed by atoms with E-state index in [0.717, 1.165) is 31.5 Å². The first kappa shape index (κ1) is 31.8. The van der Waals surface area contributed by atoms with Gasteiger partial charge in [0.2, 0.25) is 0 Å². The van der Waals surface area contributed by atoms with Crippen LogP contribution in [-0.4, -0.2) is 61.9 Å². The molecule has 1 fully saturated rings. The first-order chi connectivity index (χ1) is 22.9. The Balaban J connectivity index is 1.45. The second kappa shape index (κ2) is 14.1. The standard InChI is InChI=1S/C36H35N3O7S/c1-4-45-35(42)31-32(24-11-6-5-7-12-24)37-36-39(33(31)25-13-10-14-26(21-25)43-2)34(41)29(47-36)20-23-15-16-27(28(19-23)44-3)46-22-30(40)38-17-8-9-18-38/h5-7,10-16,19-21,33H,4,8-9,17-18,22H2,1-3H3/b29-20+/t33-/m1/s1. The lowest BCUT2D eigenvalue weighted by Gasteiger charge is -2.26. The van der Waals surface area contributed by atoms with Crippen molar-refractivity contribution in [2.45, 2.75) is 25.8 Å². The quantitative estimate of drug-likeness (QED) is 0.239. The van der Waals surface area contributed by atoms with Crippen LogP contribution < -0.4 is 29.1 Å². The van der Waals surface area contributed by atoms with Gasteiger partial charge in [-0.25, -0.2) is 9.79 Å². The molecule has 1 atom stereocenters. The summed E-state index contributed by atoms with van der Waals surface area (Å²) < 4.78 is 24.4. The Labute approximate surface area is 275 Å². The first-order valence-electron chi connectivity index (χ1n) is 15.4. The maximum atomic E-state index is 14.2. The fourth-order valence-corrected chi connectivity index (χ4v) is 6.81. The van der Waals surface area contributed by atoms with E-state index in [4.69, 9.17) is 23.9 Å². The fourth-order valence-electron chi connectivity index (χ4n) is 5.81. The van der Waals surface area contributed by atoms with Crippen molar-refractivity contribution in [1.82, 2.24) is 9.47 Å². The Bertz CT molecular complexity index is 2010. The van der Waals surface area contributed by atoms with Crippen molar-refractivity contribution in [2.24, 2.45) is 4.99 Å². The van der Waals surface area contributed by atoms with E-state index >= 15 is 0 Å². The molecule has 1 aromatic heterocycles. The summed E-state index contributed by atoms with van der Waals surface area (Å²) in [5.74, 6) is 0.843. The van der Waals surface area contributed by atoms with Gasteiger partial charge >= 0.3 is 5.97 Å². The zero-order valence-corrected chi connectivity index (χ0v) is 27.2. The average Bonchev–Trinajstić information content (AvgIpc) is 3.75. The van der Waals surface area contributed by atoms with E-state index in [-0.39, 0.29) is 30.3 Å². The van der Waals surface area contributed by atoms with Crippen LogP contribution in [0.3, 0.4) is 0 Å². The number of esters is 1. The van der Waals surface area contributed by atoms with E-state index in [2.05, 4.69) is 0 Å². The van der Waals surface area contributed by atoms with Crippen LogP contribution in [0.1, 0.15) is 42.5 Å². The van der Waals surface area contributed by atoms with Crippen LogP contribution >= 0.6 is 11.3 Å². The van der Waals surface area contributed by atoms with E-state index in [1.165, 1.54) is 18.4 Å². The number of hydrogen-bond donors (Lipinski definition) is 0. The molecule has 0 saturated carbocycles. The highest BCUT2D eigenvalue weighted by Crippen LogP contribution is 2.36. The van der Waals surface area contributed by atoms with Crippen molar-refractivity contribution < 1.29 is 28.5 Å². The average molecular weight is 654 g/mol. The highest BCUT2D eigenvalue weighted by molar-refractivity contribution is 7.07. The van der Waals surface area contributed by atoms with Crippen molar-refractivity contribution in [3.05, 3.63) is 115 Å². The lowest BCUT2D eigenvalue weighted by atomic mass is 9.93. The van der Waals surface area contributed by atoms with Crippen LogP contribution in [0.25, 0.3) is 11.8 Å². The molecule has 1 saturated heterocycles. The molecule has 1 amide bonds. The maximum Gasteiger partial charge on any atom is 0.338 e. The first-order valence-corrected chi connectivity index (χ1v) is 16.2. The number of fused-ring (bicyclic) bond motifs is 1. The normalized spacial score (nSPS) is 16.0. The zero-order valence-electron chi connectivity index (χ0n) is 26.4. The molecule has 242 valence electrons. The molecule has 0 bridgehead atoms. The number of hydrogen-bond acceptors (Lipinski definition) is 9. The summed E-state index contributed by atoms with van der Waals surface area (Å²) in [7, 11) is 3.09. The highest BCUT2D eigenvalue weighted by atomic mass is 32.1. The summed E-state index contributed by atoms with van der Waals surface area (Å²) in [6, 6.07) is 21.2. The molecule has 10 nitrogen and oxygen atoms in total. The molecule has 0 unspecified atom stereocenters. The predicted molar refractivity (Wildman–Crippen MR) is 178 cm³/mol. The zero-order chi connectivity index (χ0) is 32.9. The van der Waals surface area contributed by atoms with Gasteiger partial charge in [0.1, 0.15) is 5.75 Å². The number of likely N-dealkylation sites (tertiary alicyclic amines) is 1. The maximum absolute atomic E-state index is 14.2. The molecule has 0 radical (unpaired) electrons. The minimum absolute atomic E-state index is 0.0580. The van der Waals surface area contributed by atoms with Crippen LogP contribution in [0.4, 0.5) is 0 Å². The molecular weight excluding hydrogens is 618 g/mol. The van der Waals surface area contributed by atoms with Crippen LogP contribution in [0.2, 0.25) is 0 Å². The number of benzene rings is 3. The second-order valence-corrected chi connectivity index (χ2v) is 12.0. The van der Waals surface area contributed by atoms with Gasteiger partial charge in [0, 0.05) is 18.7 Å². The van der Waals surface area contributed by atoms with E-state index < -0.39 is 12.0 Å². The number of methoxy groups -OCH3 is 2. The summed E-state index contributed by atoms with van der Waals surface area (Å²) in [6.07, 6.45) is 3.77. The summed E-state index contributed by atoms with van der Waals surface area (Å²) in [6.45, 7) is 3.33. The van der Waals surface area contributed by atoms with Crippen LogP contribution in [-0.2, 0) is 14.3 Å². The van der Waals surface area contributed by atoms with E-state index in [0.29, 0.717) is 43.4 Å². The molecule has 2 aliphatic heterocycles. The van der Waals surface area contributed by atoms with Gasteiger partial charge in [0.25, 0.3) is 11.5 Å². The van der Waals surface area contributed by atoms with Gasteiger partial charge in [-0.15, -0.1) is 0 Å². The van der Waals surface area contributed by atoms with Crippen molar-refractivity contribution in [2.75, 3.05) is 40.5 Å². The fraction of sp³-hybridized carbons (Fsp3) is 0.278. The minimum atomic E-state index is -0.823. The number of carbonyl (C=O) groups excluding carboxylic acids is 2. The lowest BCUT2D eigenvalue weighted by Crippen LogP contribution is -2.40. The number of carbonyl (C=O) groups is 2. The Hall–Kier alpha value is -5.16. The van der Waals surface area contributed by atoms with Crippen molar-refractivity contribution in [3.63, 3.8) is 0 Å². The Morgan fingerprint density at radius 2 is 1.74 bits per heavy atom. The lowest BCUT2D eigenvalue weighted by molar-refractivity contribution is -0.139. The summed E-state index contributed by atoms with van der Waals surface area (Å²) in [4.78, 5) is 47.5. The van der Waals surface area contributed by atoms with Gasteiger partial charge in [-0.2, -0.15) is 0 Å². The van der Waals surface area contributed by atoms with Gasteiger partial charge in [-0.3, -0.25) is 14.2 Å². The van der Waals surface area contributed by atoms with Crippen LogP contribution in [0, 0.1) is 0 Å². The molecular formula is C36H35N3O7S. The monoisotopic (exact) mass is 653 g/mol. The summed E-state index contributed by atoms with van der Waals surface area (Å²) in [5, 5.41) is 0. The third kappa shape index (κ3) is 6.57. The molecule has 3 aromatic carbocycles. The molecule has 4 aromatic rings. The second-order valence-electron chi connectivity index (χ2n) is 11.0. The molecule has 0 aliphatic carbocycles. The number of aromatic nitrogens is 1. The van der Waals surface area contributed by atoms with Gasteiger partial charge in [0.15, 0.2) is 22.9 Å². The molecule has 6 rings (SSSR count). The topological polar surface area (TPSA) is 109 Å². The van der Waals surface area contributed by atoms with Gasteiger partial charge in [0.05, 0.1) is 42.7 Å². The number of rotatable bonds is 10. The SMILES string of the molecule is CCOC(=O)C1=C(c2ccccc2)N=c2s/c(=C/c3ccc(OCC(=O)N4CCCC4)c(OC)c3)c(=O)n2[C@@H]1c1cccc(OC)c1. The minimum Gasteiger partial charge on any atom is -0.497 e. The molecule has 0 N–H and O–H groups in total. The molecule has 11 heteroatoms.